The topological polar surface area (TPSA) is 54.9 Å². The van der Waals surface area contributed by atoms with Crippen molar-refractivity contribution in [1.29, 1.82) is 0 Å². The molecule has 1 fully saturated rings. The van der Waals surface area contributed by atoms with Crippen molar-refractivity contribution in [1.82, 2.24) is 14.8 Å². The second-order valence-electron chi connectivity index (χ2n) is 6.64. The van der Waals surface area contributed by atoms with Gasteiger partial charge in [-0.25, -0.2) is 4.98 Å². The number of piperazine rings is 1. The maximum absolute atomic E-state index is 12.5. The Hall–Kier alpha value is -2.38. The molecule has 0 aliphatic carbocycles. The zero-order valence-electron chi connectivity index (χ0n) is 16.7. The molecule has 1 aliphatic rings. The van der Waals surface area contributed by atoms with E-state index in [1.54, 1.807) is 24.5 Å². The van der Waals surface area contributed by atoms with Crippen molar-refractivity contribution in [3.63, 3.8) is 0 Å². The molecule has 1 amide bonds. The Bertz CT molecular complexity index is 826. The molecular formula is C21H27N3O3S. The quantitative estimate of drug-likeness (QED) is 0.667. The molecular weight excluding hydrogens is 374 g/mol. The summed E-state index contributed by atoms with van der Waals surface area (Å²) in [6.45, 7) is 8.60. The first kappa shape index (κ1) is 20.4. The highest BCUT2D eigenvalue weighted by molar-refractivity contribution is 7.09. The highest BCUT2D eigenvalue weighted by Crippen LogP contribution is 2.28. The van der Waals surface area contributed by atoms with Crippen LogP contribution in [0.5, 0.6) is 11.5 Å². The van der Waals surface area contributed by atoms with Crippen molar-refractivity contribution in [2.45, 2.75) is 20.4 Å². The third-order valence-corrected chi connectivity index (χ3v) is 5.46. The van der Waals surface area contributed by atoms with Gasteiger partial charge in [0.2, 0.25) is 5.91 Å². The molecule has 0 spiro atoms. The van der Waals surface area contributed by atoms with Gasteiger partial charge in [0.25, 0.3) is 0 Å². The molecule has 6 nitrogen and oxygen atoms in total. The number of rotatable bonds is 7. The Morgan fingerprint density at radius 2 is 2.04 bits per heavy atom. The van der Waals surface area contributed by atoms with Gasteiger partial charge in [0.15, 0.2) is 11.5 Å². The summed E-state index contributed by atoms with van der Waals surface area (Å²) < 4.78 is 10.9. The van der Waals surface area contributed by atoms with Crippen molar-refractivity contribution in [2.24, 2.45) is 0 Å². The Morgan fingerprint density at radius 3 is 2.68 bits per heavy atom. The number of aryl methyl sites for hydroxylation is 1. The molecule has 1 aromatic carbocycles. The molecule has 7 heteroatoms. The standard InChI is InChI=1S/C21H27N3O3S/c1-4-27-19-7-5-17(13-20(19)26-3)6-8-21(25)24-11-9-23(10-12-24)14-18-15-28-16(2)22-18/h5-8,13,15H,4,9-12,14H2,1-3H3/b8-6+. The molecule has 2 aromatic rings. The number of nitrogens with zero attached hydrogens (tertiary/aromatic N) is 3. The van der Waals surface area contributed by atoms with E-state index in [0.29, 0.717) is 18.1 Å². The van der Waals surface area contributed by atoms with Crippen LogP contribution in [0.4, 0.5) is 0 Å². The highest BCUT2D eigenvalue weighted by Gasteiger charge is 2.20. The first-order chi connectivity index (χ1) is 13.6. The minimum absolute atomic E-state index is 0.0389. The predicted molar refractivity (Wildman–Crippen MR) is 112 cm³/mol. The van der Waals surface area contributed by atoms with Crippen LogP contribution < -0.4 is 9.47 Å². The van der Waals surface area contributed by atoms with E-state index in [2.05, 4.69) is 15.3 Å². The van der Waals surface area contributed by atoms with E-state index in [-0.39, 0.29) is 5.91 Å². The number of ether oxygens (including phenoxy) is 2. The Labute approximate surface area is 170 Å². The predicted octanol–water partition coefficient (Wildman–Crippen LogP) is 3.22. The summed E-state index contributed by atoms with van der Waals surface area (Å²) in [5, 5.41) is 3.21. The number of methoxy groups -OCH3 is 1. The maximum Gasteiger partial charge on any atom is 0.246 e. The first-order valence-corrected chi connectivity index (χ1v) is 10.4. The smallest absolute Gasteiger partial charge is 0.246 e. The van der Waals surface area contributed by atoms with E-state index in [0.717, 1.165) is 49.0 Å². The Kier molecular flexibility index (Phi) is 7.06. The summed E-state index contributed by atoms with van der Waals surface area (Å²) in [7, 11) is 1.61. The average Bonchev–Trinajstić information content (AvgIpc) is 3.12. The third-order valence-electron chi connectivity index (χ3n) is 4.64. The fourth-order valence-electron chi connectivity index (χ4n) is 3.17. The fourth-order valence-corrected chi connectivity index (χ4v) is 3.78. The molecule has 1 aliphatic heterocycles. The van der Waals surface area contributed by atoms with Gasteiger partial charge in [0.1, 0.15) is 0 Å². The van der Waals surface area contributed by atoms with Gasteiger partial charge in [-0.15, -0.1) is 11.3 Å². The van der Waals surface area contributed by atoms with E-state index in [4.69, 9.17) is 9.47 Å². The number of carbonyl (C=O) groups excluding carboxylic acids is 1. The number of hydrogen-bond donors (Lipinski definition) is 0. The monoisotopic (exact) mass is 401 g/mol. The second-order valence-corrected chi connectivity index (χ2v) is 7.70. The van der Waals surface area contributed by atoms with Crippen LogP contribution in [-0.4, -0.2) is 60.6 Å². The van der Waals surface area contributed by atoms with E-state index in [1.807, 2.05) is 43.0 Å². The van der Waals surface area contributed by atoms with Crippen molar-refractivity contribution >= 4 is 23.3 Å². The van der Waals surface area contributed by atoms with Crippen molar-refractivity contribution < 1.29 is 14.3 Å². The summed E-state index contributed by atoms with van der Waals surface area (Å²) in [5.74, 6) is 1.42. The Morgan fingerprint density at radius 1 is 1.25 bits per heavy atom. The summed E-state index contributed by atoms with van der Waals surface area (Å²) in [4.78, 5) is 21.3. The normalized spacial score (nSPS) is 15.2. The van der Waals surface area contributed by atoms with E-state index >= 15 is 0 Å². The highest BCUT2D eigenvalue weighted by atomic mass is 32.1. The molecule has 0 atom stereocenters. The summed E-state index contributed by atoms with van der Waals surface area (Å²) in [5.41, 5.74) is 2.03. The van der Waals surface area contributed by atoms with Crippen molar-refractivity contribution in [3.05, 3.63) is 45.9 Å². The molecule has 2 heterocycles. The van der Waals surface area contributed by atoms with Crippen LogP contribution in [0.2, 0.25) is 0 Å². The lowest BCUT2D eigenvalue weighted by Crippen LogP contribution is -2.47. The van der Waals surface area contributed by atoms with E-state index in [1.165, 1.54) is 0 Å². The van der Waals surface area contributed by atoms with Gasteiger partial charge >= 0.3 is 0 Å². The first-order valence-electron chi connectivity index (χ1n) is 9.50. The van der Waals surface area contributed by atoms with Crippen LogP contribution in [0.15, 0.2) is 29.7 Å². The SMILES string of the molecule is CCOc1ccc(/C=C/C(=O)N2CCN(Cc3csc(C)n3)CC2)cc1OC. The van der Waals surface area contributed by atoms with Gasteiger partial charge < -0.3 is 14.4 Å². The van der Waals surface area contributed by atoms with Crippen LogP contribution in [0.1, 0.15) is 23.2 Å². The maximum atomic E-state index is 12.5. The van der Waals surface area contributed by atoms with Crippen LogP contribution in [0, 0.1) is 6.92 Å². The minimum Gasteiger partial charge on any atom is -0.493 e. The van der Waals surface area contributed by atoms with Crippen LogP contribution in [0.25, 0.3) is 6.08 Å². The zero-order chi connectivity index (χ0) is 19.9. The van der Waals surface area contributed by atoms with Crippen LogP contribution >= 0.6 is 11.3 Å². The van der Waals surface area contributed by atoms with Gasteiger partial charge in [-0.1, -0.05) is 6.07 Å². The fraction of sp³-hybridized carbons (Fsp3) is 0.429. The number of carbonyl (C=O) groups is 1. The van der Waals surface area contributed by atoms with Gasteiger partial charge in [-0.3, -0.25) is 9.69 Å². The van der Waals surface area contributed by atoms with Crippen LogP contribution in [-0.2, 0) is 11.3 Å². The summed E-state index contributed by atoms with van der Waals surface area (Å²) in [6.07, 6.45) is 3.46. The van der Waals surface area contributed by atoms with Gasteiger partial charge in [0, 0.05) is 44.2 Å². The molecule has 3 rings (SSSR count). The van der Waals surface area contributed by atoms with Crippen molar-refractivity contribution in [3.8, 4) is 11.5 Å². The van der Waals surface area contributed by atoms with Crippen molar-refractivity contribution in [2.75, 3.05) is 39.9 Å². The second kappa shape index (κ2) is 9.71. The molecule has 28 heavy (non-hydrogen) atoms. The molecule has 150 valence electrons. The number of hydrogen-bond acceptors (Lipinski definition) is 6. The zero-order valence-corrected chi connectivity index (χ0v) is 17.5. The average molecular weight is 402 g/mol. The Balaban J connectivity index is 1.52. The molecule has 0 radical (unpaired) electrons. The number of benzene rings is 1. The summed E-state index contributed by atoms with van der Waals surface area (Å²) >= 11 is 1.68. The van der Waals surface area contributed by atoms with E-state index in [9.17, 15) is 4.79 Å². The van der Waals surface area contributed by atoms with Gasteiger partial charge in [-0.2, -0.15) is 0 Å². The largest absolute Gasteiger partial charge is 0.493 e. The lowest BCUT2D eigenvalue weighted by atomic mass is 10.2. The number of aromatic nitrogens is 1. The van der Waals surface area contributed by atoms with Gasteiger partial charge in [0.05, 0.1) is 24.4 Å². The molecule has 0 unspecified atom stereocenters. The molecule has 0 N–H and O–H groups in total. The minimum atomic E-state index is 0.0389. The third kappa shape index (κ3) is 5.33. The molecule has 1 saturated heterocycles. The molecule has 1 aromatic heterocycles. The molecule has 0 bridgehead atoms. The lowest BCUT2D eigenvalue weighted by molar-refractivity contribution is -0.127. The van der Waals surface area contributed by atoms with E-state index < -0.39 is 0 Å². The van der Waals surface area contributed by atoms with Crippen LogP contribution in [0.3, 0.4) is 0 Å². The summed E-state index contributed by atoms with van der Waals surface area (Å²) in [6, 6.07) is 5.67. The number of thiazole rings is 1. The molecule has 0 saturated carbocycles. The lowest BCUT2D eigenvalue weighted by Gasteiger charge is -2.33. The number of amides is 1. The van der Waals surface area contributed by atoms with Gasteiger partial charge in [-0.05, 0) is 37.6 Å².